The van der Waals surface area contributed by atoms with Crippen LogP contribution in [0, 0.1) is 6.92 Å². The molecule has 0 radical (unpaired) electrons. The standard InChI is InChI=1S/C14H20N6O/c1-9-16-13(18-17-9)8-20(4)14(21)11-7-10(15)5-6-12(11)19(2)3/h5-7H,8,15H2,1-4H3,(H,16,17,18). The summed E-state index contributed by atoms with van der Waals surface area (Å²) < 4.78 is 0. The van der Waals surface area contributed by atoms with Gasteiger partial charge in [-0.2, -0.15) is 5.10 Å². The molecule has 0 saturated heterocycles. The third-order valence-electron chi connectivity index (χ3n) is 3.10. The van der Waals surface area contributed by atoms with E-state index < -0.39 is 0 Å². The van der Waals surface area contributed by atoms with Crippen LogP contribution in [0.25, 0.3) is 0 Å². The molecule has 1 heterocycles. The highest BCUT2D eigenvalue weighted by atomic mass is 16.2. The topological polar surface area (TPSA) is 91.1 Å². The summed E-state index contributed by atoms with van der Waals surface area (Å²) in [4.78, 5) is 20.3. The molecular weight excluding hydrogens is 268 g/mol. The second kappa shape index (κ2) is 5.82. The first kappa shape index (κ1) is 14.8. The number of nitrogens with zero attached hydrogens (tertiary/aromatic N) is 4. The van der Waals surface area contributed by atoms with Gasteiger partial charge in [0.2, 0.25) is 0 Å². The van der Waals surface area contributed by atoms with Gasteiger partial charge in [-0.05, 0) is 25.1 Å². The monoisotopic (exact) mass is 288 g/mol. The van der Waals surface area contributed by atoms with Crippen molar-refractivity contribution in [2.45, 2.75) is 13.5 Å². The van der Waals surface area contributed by atoms with E-state index in [-0.39, 0.29) is 5.91 Å². The van der Waals surface area contributed by atoms with Crippen molar-refractivity contribution >= 4 is 17.3 Å². The summed E-state index contributed by atoms with van der Waals surface area (Å²) in [5.41, 5.74) is 7.75. The Kier molecular flexibility index (Phi) is 4.11. The lowest BCUT2D eigenvalue weighted by atomic mass is 10.1. The highest BCUT2D eigenvalue weighted by Gasteiger charge is 2.18. The zero-order valence-electron chi connectivity index (χ0n) is 12.7. The number of nitrogens with two attached hydrogens (primary N) is 1. The van der Waals surface area contributed by atoms with Gasteiger partial charge in [0.05, 0.1) is 12.1 Å². The number of carbonyl (C=O) groups excluding carboxylic acids is 1. The molecule has 2 aromatic rings. The van der Waals surface area contributed by atoms with Crippen molar-refractivity contribution in [3.63, 3.8) is 0 Å². The number of amides is 1. The third-order valence-corrected chi connectivity index (χ3v) is 3.10. The SMILES string of the molecule is Cc1nc(CN(C)C(=O)c2cc(N)ccc2N(C)C)n[nH]1. The molecule has 0 unspecified atom stereocenters. The van der Waals surface area contributed by atoms with Gasteiger partial charge in [0.1, 0.15) is 5.82 Å². The lowest BCUT2D eigenvalue weighted by Crippen LogP contribution is -2.28. The van der Waals surface area contributed by atoms with Crippen LogP contribution in [-0.2, 0) is 6.54 Å². The minimum absolute atomic E-state index is 0.117. The number of hydrogen-bond acceptors (Lipinski definition) is 5. The van der Waals surface area contributed by atoms with Crippen LogP contribution in [0.3, 0.4) is 0 Å². The number of carbonyl (C=O) groups is 1. The fourth-order valence-electron chi connectivity index (χ4n) is 2.06. The molecule has 7 nitrogen and oxygen atoms in total. The summed E-state index contributed by atoms with van der Waals surface area (Å²) in [6.07, 6.45) is 0. The van der Waals surface area contributed by atoms with Gasteiger partial charge in [-0.25, -0.2) is 4.98 Å². The van der Waals surface area contributed by atoms with Gasteiger partial charge in [-0.3, -0.25) is 9.89 Å². The van der Waals surface area contributed by atoms with Crippen LogP contribution in [-0.4, -0.2) is 47.1 Å². The molecular formula is C14H20N6O. The first-order valence-corrected chi connectivity index (χ1v) is 6.58. The van der Waals surface area contributed by atoms with Crippen molar-refractivity contribution in [3.8, 4) is 0 Å². The Morgan fingerprint density at radius 2 is 2.05 bits per heavy atom. The average molecular weight is 288 g/mol. The number of rotatable bonds is 4. The smallest absolute Gasteiger partial charge is 0.256 e. The van der Waals surface area contributed by atoms with E-state index in [1.165, 1.54) is 0 Å². The fraction of sp³-hybridized carbons (Fsp3) is 0.357. The lowest BCUT2D eigenvalue weighted by Gasteiger charge is -2.21. The minimum Gasteiger partial charge on any atom is -0.399 e. The molecule has 0 aliphatic carbocycles. The van der Waals surface area contributed by atoms with Crippen LogP contribution in [0.4, 0.5) is 11.4 Å². The van der Waals surface area contributed by atoms with Crippen molar-refractivity contribution in [1.29, 1.82) is 0 Å². The average Bonchev–Trinajstić information content (AvgIpc) is 2.82. The number of hydrogen-bond donors (Lipinski definition) is 2. The summed E-state index contributed by atoms with van der Waals surface area (Å²) in [5, 5.41) is 6.81. The predicted octanol–water partition coefficient (Wildman–Crippen LogP) is 1.03. The van der Waals surface area contributed by atoms with Gasteiger partial charge in [0.25, 0.3) is 5.91 Å². The number of aromatic nitrogens is 3. The molecule has 2 rings (SSSR count). The van der Waals surface area contributed by atoms with Gasteiger partial charge < -0.3 is 15.5 Å². The Labute approximate surface area is 123 Å². The van der Waals surface area contributed by atoms with Crippen molar-refractivity contribution in [1.82, 2.24) is 20.1 Å². The maximum absolute atomic E-state index is 12.6. The first-order chi connectivity index (χ1) is 9.88. The highest BCUT2D eigenvalue weighted by Crippen LogP contribution is 2.23. The predicted molar refractivity (Wildman–Crippen MR) is 82.1 cm³/mol. The molecule has 1 amide bonds. The van der Waals surface area contributed by atoms with E-state index in [9.17, 15) is 4.79 Å². The molecule has 0 aliphatic heterocycles. The maximum Gasteiger partial charge on any atom is 0.256 e. The molecule has 3 N–H and O–H groups in total. The Morgan fingerprint density at radius 3 is 2.62 bits per heavy atom. The number of nitrogens with one attached hydrogen (secondary N) is 1. The zero-order valence-corrected chi connectivity index (χ0v) is 12.7. The number of H-pyrrole nitrogens is 1. The van der Waals surface area contributed by atoms with Crippen molar-refractivity contribution < 1.29 is 4.79 Å². The van der Waals surface area contributed by atoms with Crippen LogP contribution in [0.15, 0.2) is 18.2 Å². The Balaban J connectivity index is 2.24. The summed E-state index contributed by atoms with van der Waals surface area (Å²) in [7, 11) is 5.50. The molecule has 0 bridgehead atoms. The van der Waals surface area contributed by atoms with Gasteiger partial charge in [-0.15, -0.1) is 0 Å². The zero-order chi connectivity index (χ0) is 15.6. The highest BCUT2D eigenvalue weighted by molar-refractivity contribution is 6.00. The number of aryl methyl sites for hydroxylation is 1. The van der Waals surface area contributed by atoms with E-state index in [4.69, 9.17) is 5.73 Å². The largest absolute Gasteiger partial charge is 0.399 e. The summed E-state index contributed by atoms with van der Waals surface area (Å²) in [5.74, 6) is 1.19. The molecule has 0 fully saturated rings. The normalized spacial score (nSPS) is 10.5. The molecule has 112 valence electrons. The summed E-state index contributed by atoms with van der Waals surface area (Å²) in [6.45, 7) is 2.16. The molecule has 1 aromatic carbocycles. The molecule has 0 aliphatic rings. The Hall–Kier alpha value is -2.57. The van der Waals surface area contributed by atoms with Crippen LogP contribution in [0.2, 0.25) is 0 Å². The number of aromatic amines is 1. The minimum atomic E-state index is -0.117. The van der Waals surface area contributed by atoms with E-state index in [1.807, 2.05) is 32.0 Å². The van der Waals surface area contributed by atoms with Gasteiger partial charge in [0.15, 0.2) is 5.82 Å². The lowest BCUT2D eigenvalue weighted by molar-refractivity contribution is 0.0782. The van der Waals surface area contributed by atoms with Crippen molar-refractivity contribution in [2.24, 2.45) is 0 Å². The molecule has 7 heteroatoms. The van der Waals surface area contributed by atoms with Crippen LogP contribution >= 0.6 is 0 Å². The van der Waals surface area contributed by atoms with Crippen LogP contribution in [0.5, 0.6) is 0 Å². The molecule has 0 saturated carbocycles. The Morgan fingerprint density at radius 1 is 1.33 bits per heavy atom. The fourth-order valence-corrected chi connectivity index (χ4v) is 2.06. The second-order valence-corrected chi connectivity index (χ2v) is 5.17. The second-order valence-electron chi connectivity index (χ2n) is 5.17. The van der Waals surface area contributed by atoms with Crippen molar-refractivity contribution in [2.75, 3.05) is 31.8 Å². The van der Waals surface area contributed by atoms with Gasteiger partial charge in [0, 0.05) is 32.5 Å². The molecule has 0 spiro atoms. The van der Waals surface area contributed by atoms with E-state index in [0.29, 0.717) is 23.6 Å². The van der Waals surface area contributed by atoms with Gasteiger partial charge in [-0.1, -0.05) is 0 Å². The molecule has 0 atom stereocenters. The number of benzene rings is 1. The quantitative estimate of drug-likeness (QED) is 0.820. The van der Waals surface area contributed by atoms with E-state index >= 15 is 0 Å². The first-order valence-electron chi connectivity index (χ1n) is 6.58. The maximum atomic E-state index is 12.6. The Bertz CT molecular complexity index is 649. The number of nitrogen functional groups attached to an aromatic ring is 1. The molecule has 1 aromatic heterocycles. The summed E-state index contributed by atoms with van der Waals surface area (Å²) >= 11 is 0. The van der Waals surface area contributed by atoms with Crippen molar-refractivity contribution in [3.05, 3.63) is 35.4 Å². The number of anilines is 2. The van der Waals surface area contributed by atoms with Crippen LogP contribution < -0.4 is 10.6 Å². The van der Waals surface area contributed by atoms with E-state index in [1.54, 1.807) is 24.1 Å². The summed E-state index contributed by atoms with van der Waals surface area (Å²) in [6, 6.07) is 5.31. The van der Waals surface area contributed by atoms with Gasteiger partial charge >= 0.3 is 0 Å². The molecule has 21 heavy (non-hydrogen) atoms. The van der Waals surface area contributed by atoms with E-state index in [2.05, 4.69) is 15.2 Å². The van der Waals surface area contributed by atoms with Crippen LogP contribution in [0.1, 0.15) is 22.0 Å². The third kappa shape index (κ3) is 3.31. The van der Waals surface area contributed by atoms with E-state index in [0.717, 1.165) is 11.5 Å².